The van der Waals surface area contributed by atoms with E-state index in [1.807, 2.05) is 43.3 Å². The van der Waals surface area contributed by atoms with Crippen molar-refractivity contribution < 1.29 is 33.8 Å². The summed E-state index contributed by atoms with van der Waals surface area (Å²) < 4.78 is 11.6. The fraction of sp³-hybridized carbons (Fsp3) is 0.424. The molecule has 2 aromatic carbocycles. The van der Waals surface area contributed by atoms with Crippen molar-refractivity contribution in [1.82, 2.24) is 9.88 Å². The number of aryl methyl sites for hydroxylation is 1. The molecule has 13 heteroatoms. The van der Waals surface area contributed by atoms with Crippen molar-refractivity contribution >= 4 is 52.5 Å². The first-order valence-corrected chi connectivity index (χ1v) is 17.0. The monoisotopic (exact) mass is 663 g/mol. The number of carbonyl (C=O) groups excluding carboxylic acids is 3. The van der Waals surface area contributed by atoms with Gasteiger partial charge in [-0.1, -0.05) is 35.6 Å². The van der Waals surface area contributed by atoms with E-state index in [0.29, 0.717) is 17.2 Å². The van der Waals surface area contributed by atoms with Gasteiger partial charge >= 0.3 is 10.8 Å². The molecule has 7 rings (SSSR count). The Kier molecular flexibility index (Phi) is 7.92. The number of ether oxygens (including phenoxy) is 2. The summed E-state index contributed by atoms with van der Waals surface area (Å²) in [7, 11) is 1.53. The van der Waals surface area contributed by atoms with Gasteiger partial charge in [-0.05, 0) is 66.8 Å². The number of imide groups is 1. The van der Waals surface area contributed by atoms with E-state index >= 15 is 0 Å². The predicted octanol–water partition coefficient (Wildman–Crippen LogP) is 4.11. The number of likely N-dealkylation sites (tertiary alicyclic amines) is 1. The molecule has 0 spiro atoms. The predicted molar refractivity (Wildman–Crippen MR) is 170 cm³/mol. The van der Waals surface area contributed by atoms with Gasteiger partial charge in [0.2, 0.25) is 11.8 Å². The number of nitrogens with one attached hydrogen (secondary N) is 2. The first-order valence-electron chi connectivity index (χ1n) is 15.3. The number of aromatic nitrogens is 1. The number of amides is 3. The number of carboxylic acid groups (broad SMARTS) is 1. The van der Waals surface area contributed by atoms with E-state index in [9.17, 15) is 24.0 Å². The minimum absolute atomic E-state index is 0.00211. The molecule has 2 saturated carbocycles. The molecule has 46 heavy (non-hydrogen) atoms. The molecule has 3 fully saturated rings. The number of hydrogen-bond donors (Lipinski definition) is 3. The number of carbonyl (C=O) groups is 4. The standard InChI is InChI=1S/C33H33N3O8S2/c1-15-6-3-4-7-19(15)34-22(37)14-44-20-10-9-16(12-21(20)43-2)24-25-17-13-18(28(25)45-30-29(24)46-33(42)35-30)27-26(17)31(40)36(32(27)41)11-5-8-23(38)39/h3-4,6-7,9-10,12,17-18,24-28H,5,8,11,13-14H2,1-2H3,(H,34,37)(H,35,42)(H,38,39)/t17?,18?,24-,25?,26?,27?,28?/m1/s1. The van der Waals surface area contributed by atoms with E-state index < -0.39 is 17.8 Å². The summed E-state index contributed by atoms with van der Waals surface area (Å²) in [5, 5.41) is 12.7. The van der Waals surface area contributed by atoms with Crippen LogP contribution in [0.3, 0.4) is 0 Å². The normalized spacial score (nSPS) is 27.3. The van der Waals surface area contributed by atoms with Crippen molar-refractivity contribution in [2.24, 2.45) is 29.6 Å². The SMILES string of the molecule is COc1cc([C@H]2c3sc(=O)[nH]c3SC3C4CC(C5C(=O)N(CCCC(=O)O)C(=O)C45)C32)ccc1OCC(=O)Nc1ccccc1C. The van der Waals surface area contributed by atoms with Crippen molar-refractivity contribution in [3.63, 3.8) is 0 Å². The molecule has 2 aliphatic carbocycles. The van der Waals surface area contributed by atoms with E-state index in [-0.39, 0.29) is 77.5 Å². The summed E-state index contributed by atoms with van der Waals surface area (Å²) in [4.78, 5) is 68.5. The Labute approximate surface area is 272 Å². The second-order valence-electron chi connectivity index (χ2n) is 12.3. The lowest BCUT2D eigenvalue weighted by Crippen LogP contribution is -2.42. The highest BCUT2D eigenvalue weighted by Crippen LogP contribution is 2.68. The molecule has 3 heterocycles. The molecule has 4 aliphatic rings. The topological polar surface area (TPSA) is 155 Å². The van der Waals surface area contributed by atoms with Gasteiger partial charge in [0.1, 0.15) is 0 Å². The molecule has 2 aliphatic heterocycles. The van der Waals surface area contributed by atoms with Crippen LogP contribution in [-0.4, -0.2) is 64.2 Å². The van der Waals surface area contributed by atoms with Gasteiger partial charge in [-0.15, -0.1) is 11.8 Å². The minimum Gasteiger partial charge on any atom is -0.493 e. The van der Waals surface area contributed by atoms with Crippen molar-refractivity contribution in [2.45, 2.75) is 42.4 Å². The maximum atomic E-state index is 13.7. The highest BCUT2D eigenvalue weighted by molar-refractivity contribution is 8.00. The van der Waals surface area contributed by atoms with Crippen LogP contribution in [0.2, 0.25) is 0 Å². The Morgan fingerprint density at radius 1 is 1.07 bits per heavy atom. The number of aromatic amines is 1. The summed E-state index contributed by atoms with van der Waals surface area (Å²) in [5.41, 5.74) is 2.55. The second kappa shape index (κ2) is 11.9. The summed E-state index contributed by atoms with van der Waals surface area (Å²) in [6.45, 7) is 1.81. The number of nitrogens with zero attached hydrogens (tertiary/aromatic N) is 1. The molecule has 6 unspecified atom stereocenters. The Balaban J connectivity index is 1.15. The third kappa shape index (κ3) is 5.09. The minimum atomic E-state index is -0.956. The fourth-order valence-electron chi connectivity index (χ4n) is 8.10. The Morgan fingerprint density at radius 3 is 2.57 bits per heavy atom. The van der Waals surface area contributed by atoms with Crippen LogP contribution in [0.15, 0.2) is 52.3 Å². The molecule has 1 aromatic heterocycles. The van der Waals surface area contributed by atoms with E-state index in [4.69, 9.17) is 14.6 Å². The maximum absolute atomic E-state index is 13.7. The quantitative estimate of drug-likeness (QED) is 0.272. The average molecular weight is 664 g/mol. The molecule has 3 aromatic rings. The highest BCUT2D eigenvalue weighted by Gasteiger charge is 2.69. The zero-order valence-corrected chi connectivity index (χ0v) is 26.8. The molecular formula is C33H33N3O8S2. The third-order valence-electron chi connectivity index (χ3n) is 9.91. The number of carboxylic acids is 1. The lowest BCUT2D eigenvalue weighted by molar-refractivity contribution is -0.142. The van der Waals surface area contributed by atoms with Gasteiger partial charge in [0.15, 0.2) is 18.1 Å². The molecule has 240 valence electrons. The number of fused-ring (bicyclic) bond motifs is 9. The van der Waals surface area contributed by atoms with Gasteiger partial charge in [-0.25, -0.2) is 0 Å². The third-order valence-corrected chi connectivity index (χ3v) is 12.5. The molecule has 7 atom stereocenters. The highest BCUT2D eigenvalue weighted by atomic mass is 32.2. The number of methoxy groups -OCH3 is 1. The van der Waals surface area contributed by atoms with Crippen LogP contribution < -0.4 is 19.7 Å². The van der Waals surface area contributed by atoms with Gasteiger partial charge in [0.05, 0.1) is 24.0 Å². The number of aliphatic carboxylic acids is 1. The number of anilines is 1. The van der Waals surface area contributed by atoms with Crippen molar-refractivity contribution in [3.8, 4) is 11.5 Å². The van der Waals surface area contributed by atoms with Gasteiger partial charge in [0, 0.05) is 34.7 Å². The Morgan fingerprint density at radius 2 is 1.83 bits per heavy atom. The number of H-pyrrole nitrogens is 1. The van der Waals surface area contributed by atoms with Gasteiger partial charge in [-0.2, -0.15) is 0 Å². The van der Waals surface area contributed by atoms with Gasteiger partial charge < -0.3 is 24.9 Å². The van der Waals surface area contributed by atoms with Crippen LogP contribution >= 0.6 is 23.1 Å². The van der Waals surface area contributed by atoms with E-state index in [0.717, 1.165) is 27.5 Å². The molecular weight excluding hydrogens is 631 g/mol. The summed E-state index contributed by atoms with van der Waals surface area (Å²) in [6, 6.07) is 13.1. The zero-order chi connectivity index (χ0) is 32.3. The first kappa shape index (κ1) is 30.5. The van der Waals surface area contributed by atoms with Crippen LogP contribution in [0.5, 0.6) is 11.5 Å². The molecule has 3 amide bonds. The van der Waals surface area contributed by atoms with Crippen LogP contribution in [0.25, 0.3) is 0 Å². The van der Waals surface area contributed by atoms with Crippen LogP contribution in [0, 0.1) is 36.5 Å². The van der Waals surface area contributed by atoms with E-state index in [2.05, 4.69) is 10.3 Å². The number of thioether (sulfide) groups is 1. The van der Waals surface area contributed by atoms with Crippen LogP contribution in [0.4, 0.5) is 5.69 Å². The molecule has 11 nitrogen and oxygen atoms in total. The molecule has 2 bridgehead atoms. The number of hydrogen-bond acceptors (Lipinski definition) is 9. The van der Waals surface area contributed by atoms with Crippen LogP contribution in [-0.2, 0) is 19.2 Å². The van der Waals surface area contributed by atoms with Crippen LogP contribution in [0.1, 0.15) is 41.2 Å². The largest absolute Gasteiger partial charge is 0.493 e. The van der Waals surface area contributed by atoms with Crippen molar-refractivity contribution in [2.75, 3.05) is 25.6 Å². The second-order valence-corrected chi connectivity index (χ2v) is 14.6. The summed E-state index contributed by atoms with van der Waals surface area (Å²) in [6.07, 6.45) is 0.878. The molecule has 0 radical (unpaired) electrons. The average Bonchev–Trinajstić information content (AvgIpc) is 3.76. The van der Waals surface area contributed by atoms with E-state index in [1.54, 1.807) is 17.8 Å². The molecule has 3 N–H and O–H groups in total. The maximum Gasteiger partial charge on any atom is 0.305 e. The Hall–Kier alpha value is -4.10. The summed E-state index contributed by atoms with van der Waals surface area (Å²) in [5.74, 6) is -1.97. The lowest BCUT2D eigenvalue weighted by Gasteiger charge is -2.43. The number of para-hydroxylation sites is 1. The summed E-state index contributed by atoms with van der Waals surface area (Å²) >= 11 is 2.78. The van der Waals surface area contributed by atoms with Crippen molar-refractivity contribution in [1.29, 1.82) is 0 Å². The zero-order valence-electron chi connectivity index (χ0n) is 25.2. The smallest absolute Gasteiger partial charge is 0.305 e. The number of thiazole rings is 1. The van der Waals surface area contributed by atoms with Crippen molar-refractivity contribution in [3.05, 3.63) is 68.1 Å². The van der Waals surface area contributed by atoms with Gasteiger partial charge in [-0.3, -0.25) is 28.9 Å². The number of benzene rings is 2. The molecule has 1 saturated heterocycles. The van der Waals surface area contributed by atoms with E-state index in [1.165, 1.54) is 23.3 Å². The van der Waals surface area contributed by atoms with Gasteiger partial charge in [0.25, 0.3) is 5.91 Å². The Bertz CT molecular complexity index is 1800. The first-order chi connectivity index (χ1) is 22.2. The number of rotatable bonds is 10. The fourth-order valence-corrected chi connectivity index (χ4v) is 11.0. The lowest BCUT2D eigenvalue weighted by atomic mass is 9.68.